The highest BCUT2D eigenvalue weighted by molar-refractivity contribution is 7.99. The zero-order chi connectivity index (χ0) is 21.3. The number of carbonyl (C=O) groups excluding carboxylic acids is 1. The fourth-order valence-electron chi connectivity index (χ4n) is 3.18. The Bertz CT molecular complexity index is 1090. The first kappa shape index (κ1) is 20.8. The Balaban J connectivity index is 2.15. The number of carboxylic acids is 1. The third kappa shape index (κ3) is 4.09. The van der Waals surface area contributed by atoms with Gasteiger partial charge in [0.15, 0.2) is 11.6 Å². The van der Waals surface area contributed by atoms with E-state index in [9.17, 15) is 27.9 Å². The van der Waals surface area contributed by atoms with Crippen LogP contribution in [0.25, 0.3) is 10.9 Å². The molecular weight excluding hydrogens is 407 g/mol. The first-order chi connectivity index (χ1) is 13.7. The lowest BCUT2D eigenvalue weighted by molar-refractivity contribution is -0.136. The van der Waals surface area contributed by atoms with Gasteiger partial charge in [-0.05, 0) is 42.8 Å². The van der Waals surface area contributed by atoms with Gasteiger partial charge in [0.2, 0.25) is 0 Å². The molecule has 0 aliphatic heterocycles. The third-order valence-corrected chi connectivity index (χ3v) is 5.19. The standard InChI is InChI=1S/C20H16F3NO4S/c1-10-13(8-18(25)26)14-7-17(28-2)15(21)9-16(14)24(10)19(27)11-3-5-12(6-4-11)29-20(22)23/h3-7,9,20H,8H2,1-2H3,(H,25,26). The summed E-state index contributed by atoms with van der Waals surface area (Å²) in [6.45, 7) is 1.57. The zero-order valence-electron chi connectivity index (χ0n) is 15.4. The minimum Gasteiger partial charge on any atom is -0.494 e. The molecule has 0 atom stereocenters. The molecule has 0 unspecified atom stereocenters. The number of benzene rings is 2. The topological polar surface area (TPSA) is 68.5 Å². The number of fused-ring (bicyclic) bond motifs is 1. The number of alkyl halides is 2. The number of aromatic nitrogens is 1. The lowest BCUT2D eigenvalue weighted by Crippen LogP contribution is -2.14. The van der Waals surface area contributed by atoms with Crippen molar-refractivity contribution in [1.82, 2.24) is 4.57 Å². The molecule has 29 heavy (non-hydrogen) atoms. The fraction of sp³-hybridized carbons (Fsp3) is 0.200. The van der Waals surface area contributed by atoms with Crippen LogP contribution in [-0.2, 0) is 11.2 Å². The van der Waals surface area contributed by atoms with E-state index in [-0.39, 0.29) is 23.3 Å². The van der Waals surface area contributed by atoms with E-state index in [1.807, 2.05) is 0 Å². The number of halogens is 3. The lowest BCUT2D eigenvalue weighted by atomic mass is 10.1. The van der Waals surface area contributed by atoms with Gasteiger partial charge in [-0.15, -0.1) is 0 Å². The molecule has 0 bridgehead atoms. The molecule has 5 nitrogen and oxygen atoms in total. The Morgan fingerprint density at radius 2 is 1.86 bits per heavy atom. The van der Waals surface area contributed by atoms with Crippen molar-refractivity contribution in [1.29, 1.82) is 0 Å². The average Bonchev–Trinajstić information content (AvgIpc) is 2.91. The van der Waals surface area contributed by atoms with Crippen molar-refractivity contribution in [3.05, 3.63) is 59.0 Å². The van der Waals surface area contributed by atoms with E-state index in [0.29, 0.717) is 33.3 Å². The van der Waals surface area contributed by atoms with Crippen LogP contribution in [0.4, 0.5) is 13.2 Å². The SMILES string of the molecule is COc1cc2c(CC(=O)O)c(C)n(C(=O)c3ccc(SC(F)F)cc3)c2cc1F. The summed E-state index contributed by atoms with van der Waals surface area (Å²) in [5, 5.41) is 9.63. The van der Waals surface area contributed by atoms with E-state index >= 15 is 0 Å². The van der Waals surface area contributed by atoms with Crippen molar-refractivity contribution < 1.29 is 32.6 Å². The molecule has 1 N–H and O–H groups in total. The van der Waals surface area contributed by atoms with Crippen LogP contribution < -0.4 is 4.74 Å². The number of rotatable bonds is 6. The Morgan fingerprint density at radius 1 is 1.21 bits per heavy atom. The number of methoxy groups -OCH3 is 1. The van der Waals surface area contributed by atoms with Gasteiger partial charge in [-0.2, -0.15) is 8.78 Å². The van der Waals surface area contributed by atoms with Crippen molar-refractivity contribution in [3.63, 3.8) is 0 Å². The summed E-state index contributed by atoms with van der Waals surface area (Å²) in [6, 6.07) is 8.07. The zero-order valence-corrected chi connectivity index (χ0v) is 16.2. The quantitative estimate of drug-likeness (QED) is 0.581. The van der Waals surface area contributed by atoms with Gasteiger partial charge in [0, 0.05) is 27.6 Å². The first-order valence-electron chi connectivity index (χ1n) is 8.41. The molecule has 1 aromatic heterocycles. The van der Waals surface area contributed by atoms with E-state index in [1.54, 1.807) is 6.92 Å². The summed E-state index contributed by atoms with van der Waals surface area (Å²) in [5.41, 5.74) is 1.12. The number of carboxylic acid groups (broad SMARTS) is 1. The van der Waals surface area contributed by atoms with Gasteiger partial charge in [-0.25, -0.2) is 4.39 Å². The predicted molar refractivity (Wildman–Crippen MR) is 103 cm³/mol. The first-order valence-corrected chi connectivity index (χ1v) is 9.29. The molecule has 2 aromatic carbocycles. The second-order valence-electron chi connectivity index (χ2n) is 6.18. The average molecular weight is 423 g/mol. The Morgan fingerprint density at radius 3 is 2.41 bits per heavy atom. The number of hydrogen-bond acceptors (Lipinski definition) is 4. The number of carbonyl (C=O) groups is 2. The van der Waals surface area contributed by atoms with Crippen LogP contribution in [0.5, 0.6) is 5.75 Å². The molecule has 0 radical (unpaired) electrons. The van der Waals surface area contributed by atoms with E-state index in [1.165, 1.54) is 42.0 Å². The molecular formula is C20H16F3NO4S. The Kier molecular flexibility index (Phi) is 5.88. The minimum absolute atomic E-state index is 0.0675. The van der Waals surface area contributed by atoms with Crippen molar-refractivity contribution in [2.24, 2.45) is 0 Å². The number of hydrogen-bond donors (Lipinski definition) is 1. The molecule has 0 spiro atoms. The molecule has 152 valence electrons. The summed E-state index contributed by atoms with van der Waals surface area (Å²) in [4.78, 5) is 24.7. The molecule has 3 rings (SSSR count). The molecule has 0 aliphatic rings. The monoisotopic (exact) mass is 423 g/mol. The van der Waals surface area contributed by atoms with Crippen molar-refractivity contribution in [3.8, 4) is 5.75 Å². The maximum Gasteiger partial charge on any atom is 0.307 e. The predicted octanol–water partition coefficient (Wildman–Crippen LogP) is 4.73. The summed E-state index contributed by atoms with van der Waals surface area (Å²) in [6.07, 6.45) is -0.360. The Labute approximate surface area is 168 Å². The summed E-state index contributed by atoms with van der Waals surface area (Å²) < 4.78 is 45.5. The van der Waals surface area contributed by atoms with Crippen LogP contribution in [0, 0.1) is 12.7 Å². The second kappa shape index (κ2) is 8.20. The minimum atomic E-state index is -2.58. The molecule has 3 aromatic rings. The van der Waals surface area contributed by atoms with Crippen LogP contribution in [0.1, 0.15) is 21.6 Å². The molecule has 0 fully saturated rings. The highest BCUT2D eigenvalue weighted by Gasteiger charge is 2.23. The number of aliphatic carboxylic acids is 1. The number of thioether (sulfide) groups is 1. The summed E-state index contributed by atoms with van der Waals surface area (Å²) in [5.74, 6) is -4.97. The maximum atomic E-state index is 14.3. The van der Waals surface area contributed by atoms with Gasteiger partial charge < -0.3 is 9.84 Å². The normalized spacial score (nSPS) is 11.2. The van der Waals surface area contributed by atoms with Gasteiger partial charge >= 0.3 is 5.97 Å². The molecule has 0 saturated carbocycles. The van der Waals surface area contributed by atoms with E-state index in [4.69, 9.17) is 4.74 Å². The van der Waals surface area contributed by atoms with Crippen molar-refractivity contribution >= 4 is 34.5 Å². The van der Waals surface area contributed by atoms with E-state index in [2.05, 4.69) is 0 Å². The fourth-order valence-corrected chi connectivity index (χ4v) is 3.68. The van der Waals surface area contributed by atoms with Crippen molar-refractivity contribution in [2.75, 3.05) is 7.11 Å². The van der Waals surface area contributed by atoms with Gasteiger partial charge in [0.1, 0.15) is 0 Å². The smallest absolute Gasteiger partial charge is 0.307 e. The molecule has 0 amide bonds. The van der Waals surface area contributed by atoms with Crippen LogP contribution in [0.3, 0.4) is 0 Å². The summed E-state index contributed by atoms with van der Waals surface area (Å²) in [7, 11) is 1.29. The van der Waals surface area contributed by atoms with Gasteiger partial charge in [-0.1, -0.05) is 11.8 Å². The highest BCUT2D eigenvalue weighted by Crippen LogP contribution is 2.33. The lowest BCUT2D eigenvalue weighted by Gasteiger charge is -2.09. The van der Waals surface area contributed by atoms with Crippen LogP contribution in [-0.4, -0.2) is 34.4 Å². The van der Waals surface area contributed by atoms with Crippen LogP contribution in [0.2, 0.25) is 0 Å². The van der Waals surface area contributed by atoms with Crippen LogP contribution >= 0.6 is 11.8 Å². The van der Waals surface area contributed by atoms with Gasteiger partial charge in [-0.3, -0.25) is 14.2 Å². The number of ether oxygens (including phenoxy) is 1. The van der Waals surface area contributed by atoms with E-state index < -0.39 is 23.5 Å². The third-order valence-electron chi connectivity index (χ3n) is 4.47. The van der Waals surface area contributed by atoms with Gasteiger partial charge in [0.25, 0.3) is 11.7 Å². The largest absolute Gasteiger partial charge is 0.494 e. The summed E-state index contributed by atoms with van der Waals surface area (Å²) >= 11 is 0.357. The number of nitrogens with zero attached hydrogens (tertiary/aromatic N) is 1. The van der Waals surface area contributed by atoms with Gasteiger partial charge in [0.05, 0.1) is 19.0 Å². The van der Waals surface area contributed by atoms with Crippen LogP contribution in [0.15, 0.2) is 41.3 Å². The molecule has 0 saturated heterocycles. The molecule has 1 heterocycles. The van der Waals surface area contributed by atoms with E-state index in [0.717, 1.165) is 6.07 Å². The molecule has 9 heteroatoms. The second-order valence-corrected chi connectivity index (χ2v) is 7.25. The van der Waals surface area contributed by atoms with Crippen molar-refractivity contribution in [2.45, 2.75) is 24.0 Å². The highest BCUT2D eigenvalue weighted by atomic mass is 32.2. The maximum absolute atomic E-state index is 14.3. The Hall–Kier alpha value is -2.94. The molecule has 0 aliphatic carbocycles.